The van der Waals surface area contributed by atoms with E-state index in [1.165, 1.54) is 0 Å². The van der Waals surface area contributed by atoms with E-state index in [4.69, 9.17) is 10.2 Å². The lowest BCUT2D eigenvalue weighted by atomic mass is 10.1. The zero-order chi connectivity index (χ0) is 11.0. The number of aromatic nitrogens is 2. The molecule has 0 aliphatic carbocycles. The molecule has 0 atom stereocenters. The number of hydrogen-bond donors (Lipinski definition) is 2. The average molecular weight is 205 g/mol. The molecular formula is C11H15N3O. The van der Waals surface area contributed by atoms with Gasteiger partial charge in [-0.25, -0.2) is 0 Å². The number of nitrogens with zero attached hydrogens (tertiary/aromatic N) is 1. The number of H-pyrrole nitrogens is 1. The predicted octanol–water partition coefficient (Wildman–Crippen LogP) is 2.43. The molecule has 0 amide bonds. The van der Waals surface area contributed by atoms with Gasteiger partial charge in [-0.1, -0.05) is 6.92 Å². The third-order valence-corrected chi connectivity index (χ3v) is 2.56. The molecule has 2 aromatic rings. The summed E-state index contributed by atoms with van der Waals surface area (Å²) in [7, 11) is 0. The van der Waals surface area contributed by atoms with Crippen LogP contribution in [0.4, 0.5) is 5.82 Å². The quantitative estimate of drug-likeness (QED) is 0.791. The molecule has 0 fully saturated rings. The maximum atomic E-state index is 5.77. The minimum atomic E-state index is 0.575. The zero-order valence-electron chi connectivity index (χ0n) is 9.22. The summed E-state index contributed by atoms with van der Waals surface area (Å²) in [5.74, 6) is 2.37. The standard InChI is InChI=1S/C11H15N3O/c1-4-8-10(13-14-11(8)12)9-5-6(2)15-7(9)3/h5H,4H2,1-3H3,(H3,12,13,14). The van der Waals surface area contributed by atoms with Gasteiger partial charge in [-0.15, -0.1) is 0 Å². The second-order valence-corrected chi connectivity index (χ2v) is 3.64. The minimum absolute atomic E-state index is 0.575. The first-order chi connectivity index (χ1) is 7.13. The second-order valence-electron chi connectivity index (χ2n) is 3.64. The molecule has 0 aliphatic rings. The maximum Gasteiger partial charge on any atom is 0.149 e. The highest BCUT2D eigenvalue weighted by molar-refractivity contribution is 5.69. The van der Waals surface area contributed by atoms with Gasteiger partial charge in [0, 0.05) is 11.1 Å². The van der Waals surface area contributed by atoms with Crippen LogP contribution in [0.3, 0.4) is 0 Å². The third kappa shape index (κ3) is 1.52. The summed E-state index contributed by atoms with van der Waals surface area (Å²) in [6, 6.07) is 2.00. The van der Waals surface area contributed by atoms with E-state index in [2.05, 4.69) is 17.1 Å². The molecule has 0 spiro atoms. The third-order valence-electron chi connectivity index (χ3n) is 2.56. The summed E-state index contributed by atoms with van der Waals surface area (Å²) in [6.45, 7) is 5.94. The molecule has 0 unspecified atom stereocenters. The van der Waals surface area contributed by atoms with E-state index in [0.717, 1.165) is 34.8 Å². The van der Waals surface area contributed by atoms with Crippen molar-refractivity contribution >= 4 is 5.82 Å². The topological polar surface area (TPSA) is 67.8 Å². The lowest BCUT2D eigenvalue weighted by Crippen LogP contribution is -1.90. The molecule has 4 nitrogen and oxygen atoms in total. The number of nitrogens with one attached hydrogen (secondary N) is 1. The van der Waals surface area contributed by atoms with E-state index in [9.17, 15) is 0 Å². The lowest BCUT2D eigenvalue weighted by molar-refractivity contribution is 0.505. The van der Waals surface area contributed by atoms with Gasteiger partial charge in [0.05, 0.1) is 5.69 Å². The second kappa shape index (κ2) is 3.46. The largest absolute Gasteiger partial charge is 0.466 e. The predicted molar refractivity (Wildman–Crippen MR) is 59.6 cm³/mol. The van der Waals surface area contributed by atoms with Gasteiger partial charge in [-0.3, -0.25) is 5.10 Å². The van der Waals surface area contributed by atoms with Crippen LogP contribution >= 0.6 is 0 Å². The molecule has 4 heteroatoms. The normalized spacial score (nSPS) is 10.9. The fourth-order valence-corrected chi connectivity index (χ4v) is 1.84. The highest BCUT2D eigenvalue weighted by atomic mass is 16.3. The van der Waals surface area contributed by atoms with Gasteiger partial charge in [-0.05, 0) is 26.3 Å². The monoisotopic (exact) mass is 205 g/mol. The summed E-state index contributed by atoms with van der Waals surface area (Å²) < 4.78 is 5.49. The van der Waals surface area contributed by atoms with Crippen LogP contribution in [-0.4, -0.2) is 10.2 Å². The van der Waals surface area contributed by atoms with Crippen molar-refractivity contribution in [2.45, 2.75) is 27.2 Å². The molecule has 0 saturated carbocycles. The average Bonchev–Trinajstić information content (AvgIpc) is 2.69. The molecule has 2 aromatic heterocycles. The molecule has 0 aliphatic heterocycles. The van der Waals surface area contributed by atoms with E-state index >= 15 is 0 Å². The first-order valence-corrected chi connectivity index (χ1v) is 5.03. The zero-order valence-corrected chi connectivity index (χ0v) is 9.22. The molecule has 15 heavy (non-hydrogen) atoms. The van der Waals surface area contributed by atoms with Crippen molar-refractivity contribution in [3.63, 3.8) is 0 Å². The van der Waals surface area contributed by atoms with Crippen molar-refractivity contribution in [3.8, 4) is 11.3 Å². The van der Waals surface area contributed by atoms with Crippen LogP contribution in [0.15, 0.2) is 10.5 Å². The number of nitrogens with two attached hydrogens (primary N) is 1. The highest BCUT2D eigenvalue weighted by Crippen LogP contribution is 2.30. The summed E-state index contributed by atoms with van der Waals surface area (Å²) >= 11 is 0. The first-order valence-electron chi connectivity index (χ1n) is 5.03. The Morgan fingerprint density at radius 1 is 1.47 bits per heavy atom. The van der Waals surface area contributed by atoms with Gasteiger partial charge in [0.25, 0.3) is 0 Å². The number of aryl methyl sites for hydroxylation is 2. The molecule has 0 bridgehead atoms. The van der Waals surface area contributed by atoms with Gasteiger partial charge in [-0.2, -0.15) is 5.10 Å². The Bertz CT molecular complexity index is 482. The van der Waals surface area contributed by atoms with Gasteiger partial charge >= 0.3 is 0 Å². The fourth-order valence-electron chi connectivity index (χ4n) is 1.84. The van der Waals surface area contributed by atoms with Crippen molar-refractivity contribution in [1.29, 1.82) is 0 Å². The van der Waals surface area contributed by atoms with Gasteiger partial charge in [0.15, 0.2) is 0 Å². The molecule has 80 valence electrons. The maximum absolute atomic E-state index is 5.77. The van der Waals surface area contributed by atoms with Crippen molar-refractivity contribution in [2.75, 3.05) is 5.73 Å². The van der Waals surface area contributed by atoms with Crippen molar-refractivity contribution in [2.24, 2.45) is 0 Å². The molecule has 0 aromatic carbocycles. The van der Waals surface area contributed by atoms with Gasteiger partial charge in [0.1, 0.15) is 17.3 Å². The van der Waals surface area contributed by atoms with Crippen molar-refractivity contribution in [3.05, 3.63) is 23.2 Å². The first kappa shape index (κ1) is 9.83. The smallest absolute Gasteiger partial charge is 0.149 e. The Kier molecular flexibility index (Phi) is 2.26. The van der Waals surface area contributed by atoms with Gasteiger partial charge < -0.3 is 10.2 Å². The SMILES string of the molecule is CCc1c(N)n[nH]c1-c1cc(C)oc1C. The molecule has 3 N–H and O–H groups in total. The Morgan fingerprint density at radius 3 is 2.73 bits per heavy atom. The fraction of sp³-hybridized carbons (Fsp3) is 0.364. The van der Waals surface area contributed by atoms with E-state index in [0.29, 0.717) is 5.82 Å². The van der Waals surface area contributed by atoms with E-state index in [1.54, 1.807) is 0 Å². The Labute approximate surface area is 88.5 Å². The van der Waals surface area contributed by atoms with Crippen LogP contribution in [0.1, 0.15) is 24.0 Å². The van der Waals surface area contributed by atoms with Crippen LogP contribution in [0.25, 0.3) is 11.3 Å². The van der Waals surface area contributed by atoms with Crippen LogP contribution in [0, 0.1) is 13.8 Å². The van der Waals surface area contributed by atoms with Crippen molar-refractivity contribution in [1.82, 2.24) is 10.2 Å². The highest BCUT2D eigenvalue weighted by Gasteiger charge is 2.15. The molecule has 2 rings (SSSR count). The van der Waals surface area contributed by atoms with Crippen LogP contribution in [0.5, 0.6) is 0 Å². The number of hydrogen-bond acceptors (Lipinski definition) is 3. The molecule has 2 heterocycles. The van der Waals surface area contributed by atoms with E-state index in [-0.39, 0.29) is 0 Å². The minimum Gasteiger partial charge on any atom is -0.466 e. The number of anilines is 1. The summed E-state index contributed by atoms with van der Waals surface area (Å²) in [5, 5.41) is 6.99. The van der Waals surface area contributed by atoms with E-state index < -0.39 is 0 Å². The van der Waals surface area contributed by atoms with Crippen LogP contribution in [0.2, 0.25) is 0 Å². The molecule has 0 radical (unpaired) electrons. The van der Waals surface area contributed by atoms with Gasteiger partial charge in [0.2, 0.25) is 0 Å². The lowest BCUT2D eigenvalue weighted by Gasteiger charge is -1.98. The number of furan rings is 1. The number of aromatic amines is 1. The van der Waals surface area contributed by atoms with Crippen LogP contribution in [-0.2, 0) is 6.42 Å². The molecule has 0 saturated heterocycles. The summed E-state index contributed by atoms with van der Waals surface area (Å²) in [4.78, 5) is 0. The van der Waals surface area contributed by atoms with Crippen molar-refractivity contribution < 1.29 is 4.42 Å². The summed E-state index contributed by atoms with van der Waals surface area (Å²) in [5.41, 5.74) is 8.85. The van der Waals surface area contributed by atoms with E-state index in [1.807, 2.05) is 19.9 Å². The van der Waals surface area contributed by atoms with Crippen LogP contribution < -0.4 is 5.73 Å². The Balaban J connectivity index is 2.58. The Hall–Kier alpha value is -1.71. The Morgan fingerprint density at radius 2 is 2.20 bits per heavy atom. The molecular weight excluding hydrogens is 190 g/mol. The number of rotatable bonds is 2. The summed E-state index contributed by atoms with van der Waals surface area (Å²) in [6.07, 6.45) is 0.862. The number of nitrogen functional groups attached to an aromatic ring is 1.